The lowest BCUT2D eigenvalue weighted by atomic mass is 10.0. The van der Waals surface area contributed by atoms with E-state index < -0.39 is 11.7 Å². The van der Waals surface area contributed by atoms with Crippen LogP contribution in [0.4, 0.5) is 24.7 Å². The number of benzene rings is 3. The molecule has 0 aliphatic carbocycles. The zero-order valence-electron chi connectivity index (χ0n) is 20.5. The van der Waals surface area contributed by atoms with Gasteiger partial charge in [-0.25, -0.2) is 4.98 Å². The summed E-state index contributed by atoms with van der Waals surface area (Å²) in [7, 11) is 0. The maximum absolute atomic E-state index is 13.6. The third kappa shape index (κ3) is 6.29. The van der Waals surface area contributed by atoms with Crippen molar-refractivity contribution in [2.75, 3.05) is 23.3 Å². The van der Waals surface area contributed by atoms with Crippen LogP contribution in [0.25, 0.3) is 11.1 Å². The Morgan fingerprint density at radius 3 is 2.49 bits per heavy atom. The molecule has 0 radical (unpaired) electrons. The van der Waals surface area contributed by atoms with Crippen molar-refractivity contribution in [1.29, 1.82) is 0 Å². The number of carbonyl (C=O) groups is 1. The second-order valence-corrected chi connectivity index (χ2v) is 10.0. The number of hydrogen-bond donors (Lipinski definition) is 2. The third-order valence-corrected chi connectivity index (χ3v) is 6.91. The van der Waals surface area contributed by atoms with Gasteiger partial charge in [-0.05, 0) is 65.2 Å². The van der Waals surface area contributed by atoms with Crippen LogP contribution in [0.15, 0.2) is 79.0 Å². The van der Waals surface area contributed by atoms with E-state index in [4.69, 9.17) is 23.2 Å². The molecule has 0 unspecified atom stereocenters. The first-order valence-electron chi connectivity index (χ1n) is 12.1. The van der Waals surface area contributed by atoms with Gasteiger partial charge in [0.25, 0.3) is 5.91 Å². The quantitative estimate of drug-likeness (QED) is 0.253. The molecule has 5 nitrogen and oxygen atoms in total. The Balaban J connectivity index is 1.34. The van der Waals surface area contributed by atoms with Gasteiger partial charge < -0.3 is 15.5 Å². The van der Waals surface area contributed by atoms with Crippen LogP contribution < -0.4 is 15.5 Å². The zero-order valence-corrected chi connectivity index (χ0v) is 22.0. The molecule has 1 amide bonds. The average Bonchev–Trinajstić information content (AvgIpc) is 2.91. The number of rotatable bonds is 6. The maximum Gasteiger partial charge on any atom is 0.416 e. The van der Waals surface area contributed by atoms with E-state index in [1.807, 2.05) is 35.2 Å². The van der Waals surface area contributed by atoms with Gasteiger partial charge in [-0.3, -0.25) is 4.79 Å². The highest BCUT2D eigenvalue weighted by atomic mass is 35.5. The minimum absolute atomic E-state index is 0.0287. The Hall–Kier alpha value is -3.75. The van der Waals surface area contributed by atoms with Crippen molar-refractivity contribution in [2.24, 2.45) is 0 Å². The third-order valence-electron chi connectivity index (χ3n) is 6.44. The number of nitrogens with zero attached hydrogens (tertiary/aromatic N) is 2. The van der Waals surface area contributed by atoms with Crippen LogP contribution in [0.3, 0.4) is 0 Å². The van der Waals surface area contributed by atoms with Crippen molar-refractivity contribution in [1.82, 2.24) is 10.3 Å². The molecule has 1 aromatic heterocycles. The van der Waals surface area contributed by atoms with Gasteiger partial charge in [-0.2, -0.15) is 13.2 Å². The number of fused-ring (bicyclic) bond motifs is 1. The van der Waals surface area contributed by atoms with Crippen LogP contribution in [0.2, 0.25) is 10.0 Å². The smallest absolute Gasteiger partial charge is 0.367 e. The van der Waals surface area contributed by atoms with Crippen molar-refractivity contribution >= 4 is 40.6 Å². The molecule has 0 saturated heterocycles. The minimum Gasteiger partial charge on any atom is -0.367 e. The Labute approximate surface area is 233 Å². The van der Waals surface area contributed by atoms with E-state index >= 15 is 0 Å². The summed E-state index contributed by atoms with van der Waals surface area (Å²) in [6, 6.07) is 19.9. The highest BCUT2D eigenvalue weighted by Gasteiger charge is 2.34. The molecule has 0 bridgehead atoms. The summed E-state index contributed by atoms with van der Waals surface area (Å²) in [5.74, 6) is 0.375. The molecular formula is C29H23Cl2F3N4O. The first-order chi connectivity index (χ1) is 18.7. The fourth-order valence-electron chi connectivity index (χ4n) is 4.50. The Bertz CT molecular complexity index is 1510. The van der Waals surface area contributed by atoms with Gasteiger partial charge >= 0.3 is 6.18 Å². The summed E-state index contributed by atoms with van der Waals surface area (Å²) >= 11 is 12.0. The zero-order chi connectivity index (χ0) is 27.6. The molecule has 10 heteroatoms. The summed E-state index contributed by atoms with van der Waals surface area (Å²) in [4.78, 5) is 19.0. The van der Waals surface area contributed by atoms with E-state index in [-0.39, 0.29) is 23.0 Å². The van der Waals surface area contributed by atoms with Crippen LogP contribution in [-0.4, -0.2) is 24.0 Å². The Kier molecular flexibility index (Phi) is 7.68. The van der Waals surface area contributed by atoms with Gasteiger partial charge in [0.2, 0.25) is 0 Å². The van der Waals surface area contributed by atoms with Crippen LogP contribution in [0.5, 0.6) is 0 Å². The molecule has 0 fully saturated rings. The summed E-state index contributed by atoms with van der Waals surface area (Å²) in [5, 5.41) is 6.93. The van der Waals surface area contributed by atoms with E-state index in [0.29, 0.717) is 41.7 Å². The molecule has 2 heterocycles. The number of alkyl halides is 3. The van der Waals surface area contributed by atoms with Gasteiger partial charge in [-0.15, -0.1) is 0 Å². The fourth-order valence-corrected chi connectivity index (χ4v) is 4.91. The number of halogens is 5. The number of hydrogen-bond acceptors (Lipinski definition) is 4. The molecule has 200 valence electrons. The number of pyridine rings is 1. The average molecular weight is 571 g/mol. The lowest BCUT2D eigenvalue weighted by molar-refractivity contribution is -0.138. The van der Waals surface area contributed by atoms with Gasteiger partial charge in [0.15, 0.2) is 0 Å². The standard InChI is InChI=1S/C29H23Cl2F3N4O/c30-23-3-1-2-18(12-23)15-37-28(39)20-6-4-19(5-7-20)21-14-26-27(36-16-21)35-10-11-38(26)17-22-13-24(31)8-9-25(22)29(32,33)34/h1-9,12-14,16H,10-11,15,17H2,(H,35,36)(H,37,39). The van der Waals surface area contributed by atoms with E-state index in [1.54, 1.807) is 30.5 Å². The van der Waals surface area contributed by atoms with E-state index in [1.165, 1.54) is 12.1 Å². The number of carbonyl (C=O) groups excluding carboxylic acids is 1. The van der Waals surface area contributed by atoms with Crippen molar-refractivity contribution < 1.29 is 18.0 Å². The first-order valence-corrected chi connectivity index (χ1v) is 12.9. The second kappa shape index (κ2) is 11.2. The monoisotopic (exact) mass is 570 g/mol. The van der Waals surface area contributed by atoms with Gasteiger partial charge in [0, 0.05) is 53.5 Å². The molecule has 0 atom stereocenters. The lowest BCUT2D eigenvalue weighted by Gasteiger charge is -2.32. The summed E-state index contributed by atoms with van der Waals surface area (Å²) < 4.78 is 40.9. The number of aromatic nitrogens is 1. The lowest BCUT2D eigenvalue weighted by Crippen LogP contribution is -2.34. The molecule has 2 N–H and O–H groups in total. The summed E-state index contributed by atoms with van der Waals surface area (Å²) in [6.45, 7) is 1.41. The predicted molar refractivity (Wildman–Crippen MR) is 148 cm³/mol. The molecule has 0 saturated carbocycles. The van der Waals surface area contributed by atoms with Crippen molar-refractivity contribution in [3.8, 4) is 11.1 Å². The second-order valence-electron chi connectivity index (χ2n) is 9.13. The number of nitrogens with one attached hydrogen (secondary N) is 2. The molecule has 0 spiro atoms. The van der Waals surface area contributed by atoms with Gasteiger partial charge in [-0.1, -0.05) is 47.5 Å². The predicted octanol–water partition coefficient (Wildman–Crippen LogP) is 7.44. The molecule has 4 aromatic rings. The topological polar surface area (TPSA) is 57.3 Å². The van der Waals surface area contributed by atoms with Crippen LogP contribution in [-0.2, 0) is 19.3 Å². The number of anilines is 2. The molecule has 39 heavy (non-hydrogen) atoms. The fraction of sp³-hybridized carbons (Fsp3) is 0.172. The van der Waals surface area contributed by atoms with E-state index in [0.717, 1.165) is 22.8 Å². The van der Waals surface area contributed by atoms with Crippen molar-refractivity contribution in [3.63, 3.8) is 0 Å². The molecule has 3 aromatic carbocycles. The molecular weight excluding hydrogens is 548 g/mol. The van der Waals surface area contributed by atoms with Crippen LogP contribution in [0.1, 0.15) is 27.0 Å². The van der Waals surface area contributed by atoms with Crippen molar-refractivity contribution in [2.45, 2.75) is 19.3 Å². The molecule has 1 aliphatic heterocycles. The minimum atomic E-state index is -4.49. The van der Waals surface area contributed by atoms with E-state index in [9.17, 15) is 18.0 Å². The first kappa shape index (κ1) is 26.8. The highest BCUT2D eigenvalue weighted by Crippen LogP contribution is 2.37. The van der Waals surface area contributed by atoms with E-state index in [2.05, 4.69) is 15.6 Å². The van der Waals surface area contributed by atoms with Gasteiger partial charge in [0.05, 0.1) is 11.3 Å². The highest BCUT2D eigenvalue weighted by molar-refractivity contribution is 6.30. The summed E-state index contributed by atoms with van der Waals surface area (Å²) in [5.41, 5.74) is 3.06. The normalized spacial score (nSPS) is 13.0. The summed E-state index contributed by atoms with van der Waals surface area (Å²) in [6.07, 6.45) is -2.79. The SMILES string of the molecule is O=C(NCc1cccc(Cl)c1)c1ccc(-c2cnc3c(c2)N(Cc2cc(Cl)ccc2C(F)(F)F)CCN3)cc1. The van der Waals surface area contributed by atoms with Crippen LogP contribution >= 0.6 is 23.2 Å². The van der Waals surface area contributed by atoms with Crippen LogP contribution in [0, 0.1) is 0 Å². The molecule has 5 rings (SSSR count). The van der Waals surface area contributed by atoms with Crippen molar-refractivity contribution in [3.05, 3.63) is 111 Å². The maximum atomic E-state index is 13.6. The number of amides is 1. The molecule has 1 aliphatic rings. The Morgan fingerprint density at radius 2 is 1.74 bits per heavy atom. The Morgan fingerprint density at radius 1 is 0.974 bits per heavy atom. The van der Waals surface area contributed by atoms with Gasteiger partial charge in [0.1, 0.15) is 5.82 Å². The largest absolute Gasteiger partial charge is 0.416 e.